The van der Waals surface area contributed by atoms with Crippen LogP contribution in [0.3, 0.4) is 0 Å². The zero-order valence-corrected chi connectivity index (χ0v) is 12.9. The summed E-state index contributed by atoms with van der Waals surface area (Å²) >= 11 is 0. The molecule has 1 unspecified atom stereocenters. The van der Waals surface area contributed by atoms with Gasteiger partial charge in [-0.3, -0.25) is 4.90 Å². The normalized spacial score (nSPS) is 23.3. The van der Waals surface area contributed by atoms with Crippen LogP contribution in [0.2, 0.25) is 0 Å². The molecule has 2 aliphatic rings. The Morgan fingerprint density at radius 1 is 1.27 bits per heavy atom. The van der Waals surface area contributed by atoms with Gasteiger partial charge in [0.2, 0.25) is 0 Å². The SMILES string of the molecule is CCC(C)[C@H](c1cccc2c1OC(F)(F)O2)N1CCNCC1. The Labute approximate surface area is 129 Å². The van der Waals surface area contributed by atoms with Crippen LogP contribution in [0.15, 0.2) is 18.2 Å². The largest absolute Gasteiger partial charge is 0.586 e. The molecule has 0 amide bonds. The smallest absolute Gasteiger partial charge is 0.395 e. The average molecular weight is 312 g/mol. The molecule has 1 saturated heterocycles. The molecule has 1 N–H and O–H groups in total. The summed E-state index contributed by atoms with van der Waals surface area (Å²) in [7, 11) is 0. The lowest BCUT2D eigenvalue weighted by molar-refractivity contribution is -0.287. The monoisotopic (exact) mass is 312 g/mol. The van der Waals surface area contributed by atoms with E-state index in [4.69, 9.17) is 4.74 Å². The van der Waals surface area contributed by atoms with Gasteiger partial charge in [0.05, 0.1) is 0 Å². The van der Waals surface area contributed by atoms with Crippen LogP contribution in [-0.2, 0) is 0 Å². The van der Waals surface area contributed by atoms with Crippen LogP contribution in [0.25, 0.3) is 0 Å². The van der Waals surface area contributed by atoms with Gasteiger partial charge in [-0.15, -0.1) is 8.78 Å². The molecule has 0 radical (unpaired) electrons. The van der Waals surface area contributed by atoms with Crippen molar-refractivity contribution in [3.05, 3.63) is 23.8 Å². The van der Waals surface area contributed by atoms with Crippen molar-refractivity contribution >= 4 is 0 Å². The number of rotatable bonds is 4. The van der Waals surface area contributed by atoms with Crippen molar-refractivity contribution in [2.24, 2.45) is 5.92 Å². The molecule has 4 nitrogen and oxygen atoms in total. The van der Waals surface area contributed by atoms with Crippen molar-refractivity contribution in [1.29, 1.82) is 0 Å². The summed E-state index contributed by atoms with van der Waals surface area (Å²) in [5.41, 5.74) is 0.797. The summed E-state index contributed by atoms with van der Waals surface area (Å²) in [4.78, 5) is 2.35. The van der Waals surface area contributed by atoms with Gasteiger partial charge in [-0.05, 0) is 12.0 Å². The van der Waals surface area contributed by atoms with Crippen molar-refractivity contribution in [3.8, 4) is 11.5 Å². The lowest BCUT2D eigenvalue weighted by Crippen LogP contribution is -2.46. The summed E-state index contributed by atoms with van der Waals surface area (Å²) in [6.45, 7) is 7.89. The van der Waals surface area contributed by atoms with Crippen LogP contribution >= 0.6 is 0 Å². The molecule has 0 bridgehead atoms. The Morgan fingerprint density at radius 2 is 2.00 bits per heavy atom. The van der Waals surface area contributed by atoms with E-state index in [0.29, 0.717) is 5.92 Å². The summed E-state index contributed by atoms with van der Waals surface area (Å²) in [5, 5.41) is 3.33. The quantitative estimate of drug-likeness (QED) is 0.927. The Kier molecular flexibility index (Phi) is 4.23. The number of nitrogens with zero attached hydrogens (tertiary/aromatic N) is 1. The highest BCUT2D eigenvalue weighted by molar-refractivity contribution is 5.50. The van der Waals surface area contributed by atoms with Crippen molar-refractivity contribution in [1.82, 2.24) is 10.2 Å². The first kappa shape index (κ1) is 15.5. The summed E-state index contributed by atoms with van der Waals surface area (Å²) < 4.78 is 36.3. The molecule has 1 aromatic carbocycles. The molecule has 1 fully saturated rings. The second kappa shape index (κ2) is 6.01. The lowest BCUT2D eigenvalue weighted by Gasteiger charge is -2.38. The third kappa shape index (κ3) is 2.90. The molecule has 0 aliphatic carbocycles. The van der Waals surface area contributed by atoms with E-state index in [-0.39, 0.29) is 17.5 Å². The average Bonchev–Trinajstić information content (AvgIpc) is 2.83. The zero-order valence-electron chi connectivity index (χ0n) is 12.9. The fourth-order valence-electron chi connectivity index (χ4n) is 3.27. The number of alkyl halides is 2. The van der Waals surface area contributed by atoms with Gasteiger partial charge < -0.3 is 14.8 Å². The van der Waals surface area contributed by atoms with Crippen LogP contribution in [-0.4, -0.2) is 37.4 Å². The highest BCUT2D eigenvalue weighted by Crippen LogP contribution is 2.47. The number of para-hydroxylation sites is 1. The second-order valence-corrected chi connectivity index (χ2v) is 5.96. The van der Waals surface area contributed by atoms with Gasteiger partial charge in [-0.1, -0.05) is 32.4 Å². The number of benzene rings is 1. The number of hydrogen-bond acceptors (Lipinski definition) is 4. The Hall–Kier alpha value is -1.40. The summed E-state index contributed by atoms with van der Waals surface area (Å²) in [6.07, 6.45) is -2.60. The molecule has 0 spiro atoms. The van der Waals surface area contributed by atoms with Gasteiger partial charge in [0.15, 0.2) is 11.5 Å². The number of nitrogens with one attached hydrogen (secondary N) is 1. The van der Waals surface area contributed by atoms with Crippen LogP contribution in [0.5, 0.6) is 11.5 Å². The highest BCUT2D eigenvalue weighted by atomic mass is 19.3. The zero-order chi connectivity index (χ0) is 15.7. The highest BCUT2D eigenvalue weighted by Gasteiger charge is 2.46. The summed E-state index contributed by atoms with van der Waals surface area (Å²) in [6, 6.07) is 5.23. The minimum Gasteiger partial charge on any atom is -0.395 e. The van der Waals surface area contributed by atoms with Crippen molar-refractivity contribution in [2.45, 2.75) is 32.6 Å². The molecule has 22 heavy (non-hydrogen) atoms. The maximum absolute atomic E-state index is 13.4. The van der Waals surface area contributed by atoms with E-state index in [1.165, 1.54) is 6.07 Å². The standard InChI is InChI=1S/C16H22F2N2O2/c1-3-11(2)14(20-9-7-19-8-10-20)12-5-4-6-13-15(12)22-16(17,18)21-13/h4-6,11,14,19H,3,7-10H2,1-2H3/t11?,14-/m1/s1. The Balaban J connectivity index is 1.97. The minimum atomic E-state index is -3.57. The first-order valence-corrected chi connectivity index (χ1v) is 7.85. The number of piperazine rings is 1. The first-order valence-electron chi connectivity index (χ1n) is 7.85. The number of fused-ring (bicyclic) bond motifs is 1. The molecule has 0 saturated carbocycles. The van der Waals surface area contributed by atoms with Gasteiger partial charge in [0.1, 0.15) is 0 Å². The Morgan fingerprint density at radius 3 is 2.68 bits per heavy atom. The first-order chi connectivity index (χ1) is 10.5. The predicted molar refractivity (Wildman–Crippen MR) is 79.3 cm³/mol. The van der Waals surface area contributed by atoms with Gasteiger partial charge >= 0.3 is 6.29 Å². The molecule has 1 aromatic rings. The Bertz CT molecular complexity index is 533. The fourth-order valence-corrected chi connectivity index (χ4v) is 3.27. The number of halogens is 2. The van der Waals surface area contributed by atoms with Crippen molar-refractivity contribution < 1.29 is 18.3 Å². The molecular weight excluding hydrogens is 290 g/mol. The molecular formula is C16H22F2N2O2. The van der Waals surface area contributed by atoms with Crippen LogP contribution in [0, 0.1) is 5.92 Å². The van der Waals surface area contributed by atoms with Crippen molar-refractivity contribution in [3.63, 3.8) is 0 Å². The van der Waals surface area contributed by atoms with Crippen LogP contribution < -0.4 is 14.8 Å². The van der Waals surface area contributed by atoms with Crippen LogP contribution in [0.4, 0.5) is 8.78 Å². The van der Waals surface area contributed by atoms with E-state index in [9.17, 15) is 8.78 Å². The van der Waals surface area contributed by atoms with Gasteiger partial charge in [0.25, 0.3) is 0 Å². The second-order valence-electron chi connectivity index (χ2n) is 5.96. The molecule has 2 atom stereocenters. The maximum Gasteiger partial charge on any atom is 0.586 e. The summed E-state index contributed by atoms with van der Waals surface area (Å²) in [5.74, 6) is 0.657. The van der Waals surface area contributed by atoms with Gasteiger partial charge in [-0.2, -0.15) is 0 Å². The number of ether oxygens (including phenoxy) is 2. The molecule has 6 heteroatoms. The van der Waals surface area contributed by atoms with E-state index in [2.05, 4.69) is 28.8 Å². The molecule has 3 rings (SSSR count). The van der Waals surface area contributed by atoms with Gasteiger partial charge in [-0.25, -0.2) is 0 Å². The third-order valence-electron chi connectivity index (χ3n) is 4.51. The van der Waals surface area contributed by atoms with E-state index in [1.54, 1.807) is 6.07 Å². The van der Waals surface area contributed by atoms with E-state index < -0.39 is 6.29 Å². The lowest BCUT2D eigenvalue weighted by atomic mass is 9.89. The topological polar surface area (TPSA) is 33.7 Å². The van der Waals surface area contributed by atoms with Crippen LogP contribution in [0.1, 0.15) is 31.9 Å². The van der Waals surface area contributed by atoms with E-state index >= 15 is 0 Å². The van der Waals surface area contributed by atoms with Gasteiger partial charge in [0, 0.05) is 37.8 Å². The maximum atomic E-state index is 13.4. The molecule has 2 aliphatic heterocycles. The predicted octanol–water partition coefficient (Wildman–Crippen LogP) is 3.00. The third-order valence-corrected chi connectivity index (χ3v) is 4.51. The molecule has 122 valence electrons. The van der Waals surface area contributed by atoms with E-state index in [0.717, 1.165) is 38.2 Å². The number of hydrogen-bond donors (Lipinski definition) is 1. The minimum absolute atomic E-state index is 0.0551. The van der Waals surface area contributed by atoms with E-state index in [1.807, 2.05) is 6.07 Å². The molecule has 0 aromatic heterocycles. The van der Waals surface area contributed by atoms with Crippen molar-refractivity contribution in [2.75, 3.05) is 26.2 Å². The molecule has 2 heterocycles. The fraction of sp³-hybridized carbons (Fsp3) is 0.625.